The molecule has 0 aliphatic carbocycles. The Kier molecular flexibility index (Phi) is 5.05. The van der Waals surface area contributed by atoms with E-state index in [1.54, 1.807) is 6.20 Å². The van der Waals surface area contributed by atoms with Gasteiger partial charge in [0.25, 0.3) is 0 Å². The van der Waals surface area contributed by atoms with Crippen molar-refractivity contribution in [2.45, 2.75) is 44.2 Å². The monoisotopic (exact) mass is 373 g/mol. The molecule has 3 aliphatic rings. The van der Waals surface area contributed by atoms with E-state index in [0.29, 0.717) is 26.1 Å². The molecule has 1 aromatic rings. The second-order valence-electron chi connectivity index (χ2n) is 7.52. The van der Waals surface area contributed by atoms with Gasteiger partial charge in [-0.15, -0.1) is 0 Å². The maximum absolute atomic E-state index is 12.8. The number of aromatic nitrogens is 1. The van der Waals surface area contributed by atoms with E-state index < -0.39 is 12.1 Å². The van der Waals surface area contributed by atoms with Crippen LogP contribution >= 0.6 is 0 Å². The molecule has 146 valence electrons. The molecule has 8 heteroatoms. The van der Waals surface area contributed by atoms with Crippen LogP contribution in [0.2, 0.25) is 0 Å². The second kappa shape index (κ2) is 7.62. The molecular formula is C19H27N5O3. The Bertz CT molecular complexity index is 706. The van der Waals surface area contributed by atoms with Crippen LogP contribution in [0.3, 0.4) is 0 Å². The summed E-state index contributed by atoms with van der Waals surface area (Å²) in [6, 6.07) is 2.91. The first-order chi connectivity index (χ1) is 13.1. The molecule has 4 rings (SSSR count). The van der Waals surface area contributed by atoms with Crippen LogP contribution in [0, 0.1) is 0 Å². The molecule has 3 amide bonds. The third kappa shape index (κ3) is 3.65. The number of pyridine rings is 1. The van der Waals surface area contributed by atoms with Crippen molar-refractivity contribution in [3.05, 3.63) is 18.3 Å². The standard InChI is InChI=1S/C19H27N5O3/c20-19(26)24-11-4-5-15(24)18(25)23-12-7-14(13-23)27-16-6-3-8-21-17(16)22-9-1-2-10-22/h3,6,8,14-15H,1-2,4-5,7,9-13H2,(H2,20,26)/t14-,15-/m0/s1. The summed E-state index contributed by atoms with van der Waals surface area (Å²) in [6.07, 6.45) is 6.39. The Morgan fingerprint density at radius 1 is 1.11 bits per heavy atom. The van der Waals surface area contributed by atoms with Crippen molar-refractivity contribution in [3.63, 3.8) is 0 Å². The number of primary amides is 1. The summed E-state index contributed by atoms with van der Waals surface area (Å²) < 4.78 is 6.23. The first kappa shape index (κ1) is 17.9. The quantitative estimate of drug-likeness (QED) is 0.856. The molecule has 0 spiro atoms. The van der Waals surface area contributed by atoms with Crippen LogP contribution in [0.5, 0.6) is 5.75 Å². The summed E-state index contributed by atoms with van der Waals surface area (Å²) >= 11 is 0. The minimum Gasteiger partial charge on any atom is -0.485 e. The summed E-state index contributed by atoms with van der Waals surface area (Å²) in [5, 5.41) is 0. The van der Waals surface area contributed by atoms with Gasteiger partial charge in [-0.25, -0.2) is 9.78 Å². The van der Waals surface area contributed by atoms with Crippen molar-refractivity contribution in [3.8, 4) is 5.75 Å². The highest BCUT2D eigenvalue weighted by molar-refractivity contribution is 5.87. The summed E-state index contributed by atoms with van der Waals surface area (Å²) in [5.74, 6) is 1.68. The number of rotatable bonds is 4. The number of nitrogens with two attached hydrogens (primary N) is 1. The summed E-state index contributed by atoms with van der Waals surface area (Å²) in [6.45, 7) is 3.76. The van der Waals surface area contributed by atoms with Crippen molar-refractivity contribution >= 4 is 17.8 Å². The smallest absolute Gasteiger partial charge is 0.315 e. The molecule has 3 fully saturated rings. The maximum atomic E-state index is 12.8. The fourth-order valence-electron chi connectivity index (χ4n) is 4.34. The van der Waals surface area contributed by atoms with Gasteiger partial charge < -0.3 is 25.2 Å². The van der Waals surface area contributed by atoms with Crippen molar-refractivity contribution in [2.24, 2.45) is 5.73 Å². The van der Waals surface area contributed by atoms with Crippen LogP contribution in [0.15, 0.2) is 18.3 Å². The van der Waals surface area contributed by atoms with Gasteiger partial charge in [-0.05, 0) is 37.8 Å². The van der Waals surface area contributed by atoms with Crippen molar-refractivity contribution in [1.82, 2.24) is 14.8 Å². The van der Waals surface area contributed by atoms with Crippen LogP contribution in [-0.4, -0.2) is 71.6 Å². The van der Waals surface area contributed by atoms with Gasteiger partial charge in [0.2, 0.25) is 5.91 Å². The van der Waals surface area contributed by atoms with Crippen molar-refractivity contribution < 1.29 is 14.3 Å². The zero-order valence-electron chi connectivity index (χ0n) is 15.5. The Hall–Kier alpha value is -2.51. The van der Waals surface area contributed by atoms with Gasteiger partial charge >= 0.3 is 6.03 Å². The minimum atomic E-state index is -0.511. The molecular weight excluding hydrogens is 346 g/mol. The molecule has 3 aliphatic heterocycles. The molecule has 0 aromatic carbocycles. The number of carbonyl (C=O) groups is 2. The molecule has 27 heavy (non-hydrogen) atoms. The molecule has 0 radical (unpaired) electrons. The van der Waals surface area contributed by atoms with Gasteiger partial charge in [0.15, 0.2) is 11.6 Å². The highest BCUT2D eigenvalue weighted by atomic mass is 16.5. The van der Waals surface area contributed by atoms with E-state index in [4.69, 9.17) is 10.5 Å². The number of anilines is 1. The summed E-state index contributed by atoms with van der Waals surface area (Å²) in [5.41, 5.74) is 5.41. The number of hydrogen-bond donors (Lipinski definition) is 1. The molecule has 1 aromatic heterocycles. The fraction of sp³-hybridized carbons (Fsp3) is 0.632. The lowest BCUT2D eigenvalue weighted by atomic mass is 10.2. The predicted molar refractivity (Wildman–Crippen MR) is 101 cm³/mol. The number of urea groups is 1. The maximum Gasteiger partial charge on any atom is 0.315 e. The number of nitrogens with zero attached hydrogens (tertiary/aromatic N) is 4. The van der Waals surface area contributed by atoms with E-state index in [1.807, 2.05) is 17.0 Å². The highest BCUT2D eigenvalue weighted by Crippen LogP contribution is 2.31. The Balaban J connectivity index is 1.39. The van der Waals surface area contributed by atoms with E-state index in [0.717, 1.165) is 37.5 Å². The molecule has 8 nitrogen and oxygen atoms in total. The Morgan fingerprint density at radius 2 is 1.93 bits per heavy atom. The Labute approximate surface area is 159 Å². The number of carbonyl (C=O) groups excluding carboxylic acids is 2. The lowest BCUT2D eigenvalue weighted by Crippen LogP contribution is -2.49. The first-order valence-corrected chi connectivity index (χ1v) is 9.85. The highest BCUT2D eigenvalue weighted by Gasteiger charge is 2.38. The van der Waals surface area contributed by atoms with Crippen molar-refractivity contribution in [1.29, 1.82) is 0 Å². The molecule has 0 saturated carbocycles. The molecule has 2 N–H and O–H groups in total. The fourth-order valence-corrected chi connectivity index (χ4v) is 4.34. The number of likely N-dealkylation sites (tertiary alicyclic amines) is 2. The van der Waals surface area contributed by atoms with Gasteiger partial charge in [0, 0.05) is 38.8 Å². The third-order valence-electron chi connectivity index (χ3n) is 5.73. The van der Waals surface area contributed by atoms with Crippen LogP contribution in [0.25, 0.3) is 0 Å². The normalized spacial score (nSPS) is 25.3. The van der Waals surface area contributed by atoms with E-state index in [2.05, 4.69) is 9.88 Å². The lowest BCUT2D eigenvalue weighted by Gasteiger charge is -2.27. The van der Waals surface area contributed by atoms with E-state index in [9.17, 15) is 9.59 Å². The minimum absolute atomic E-state index is 0.0108. The topological polar surface area (TPSA) is 92.0 Å². The largest absolute Gasteiger partial charge is 0.485 e. The van der Waals surface area contributed by atoms with E-state index >= 15 is 0 Å². The average molecular weight is 373 g/mol. The lowest BCUT2D eigenvalue weighted by molar-refractivity contribution is -0.134. The van der Waals surface area contributed by atoms with Crippen LogP contribution < -0.4 is 15.4 Å². The molecule has 3 saturated heterocycles. The van der Waals surface area contributed by atoms with Gasteiger partial charge in [-0.1, -0.05) is 0 Å². The molecule has 0 unspecified atom stereocenters. The summed E-state index contributed by atoms with van der Waals surface area (Å²) in [4.78, 5) is 34.4. The average Bonchev–Trinajstić information content (AvgIpc) is 3.42. The Morgan fingerprint density at radius 3 is 2.70 bits per heavy atom. The van der Waals surface area contributed by atoms with E-state index in [1.165, 1.54) is 17.7 Å². The number of hydrogen-bond acceptors (Lipinski definition) is 5. The zero-order valence-corrected chi connectivity index (χ0v) is 15.5. The van der Waals surface area contributed by atoms with Gasteiger partial charge in [0.05, 0.1) is 6.54 Å². The summed E-state index contributed by atoms with van der Waals surface area (Å²) in [7, 11) is 0. The van der Waals surface area contributed by atoms with E-state index in [-0.39, 0.29) is 12.0 Å². The second-order valence-corrected chi connectivity index (χ2v) is 7.52. The first-order valence-electron chi connectivity index (χ1n) is 9.85. The number of amides is 3. The van der Waals surface area contributed by atoms with Crippen LogP contribution in [0.4, 0.5) is 10.6 Å². The predicted octanol–water partition coefficient (Wildman–Crippen LogP) is 1.20. The third-order valence-corrected chi connectivity index (χ3v) is 5.73. The van der Waals surface area contributed by atoms with Gasteiger partial charge in [0.1, 0.15) is 12.1 Å². The molecule has 4 heterocycles. The van der Waals surface area contributed by atoms with Gasteiger partial charge in [-0.2, -0.15) is 0 Å². The zero-order chi connectivity index (χ0) is 18.8. The number of ether oxygens (including phenoxy) is 1. The van der Waals surface area contributed by atoms with Gasteiger partial charge in [-0.3, -0.25) is 4.79 Å². The molecule has 0 bridgehead atoms. The van der Waals surface area contributed by atoms with Crippen LogP contribution in [0.1, 0.15) is 32.1 Å². The van der Waals surface area contributed by atoms with Crippen molar-refractivity contribution in [2.75, 3.05) is 37.6 Å². The SMILES string of the molecule is NC(=O)N1CCC[C@H]1C(=O)N1CC[C@H](Oc2cccnc2N2CCCC2)C1. The van der Waals surface area contributed by atoms with Crippen LogP contribution in [-0.2, 0) is 4.79 Å². The molecule has 2 atom stereocenters.